The summed E-state index contributed by atoms with van der Waals surface area (Å²) in [4.78, 5) is 23.7. The van der Waals surface area contributed by atoms with E-state index in [1.165, 1.54) is 6.07 Å². The van der Waals surface area contributed by atoms with E-state index in [4.69, 9.17) is 4.42 Å². The molecule has 0 bridgehead atoms. The third kappa shape index (κ3) is 3.24. The molecule has 1 unspecified atom stereocenters. The van der Waals surface area contributed by atoms with Crippen LogP contribution >= 0.6 is 0 Å². The van der Waals surface area contributed by atoms with E-state index in [1.54, 1.807) is 24.3 Å². The second kappa shape index (κ2) is 6.34. The van der Waals surface area contributed by atoms with Gasteiger partial charge in [-0.15, -0.1) is 0 Å². The smallest absolute Gasteiger partial charge is 0.287 e. The van der Waals surface area contributed by atoms with E-state index in [-0.39, 0.29) is 11.2 Å². The molecule has 2 rings (SSSR count). The van der Waals surface area contributed by atoms with Crippen LogP contribution in [0.15, 0.2) is 39.5 Å². The van der Waals surface area contributed by atoms with Gasteiger partial charge in [0.15, 0.2) is 11.2 Å². The lowest BCUT2D eigenvalue weighted by molar-refractivity contribution is 0.0915. The van der Waals surface area contributed by atoms with Gasteiger partial charge in [0.1, 0.15) is 5.58 Å². The zero-order chi connectivity index (χ0) is 14.5. The van der Waals surface area contributed by atoms with Gasteiger partial charge in [0.2, 0.25) is 0 Å². The van der Waals surface area contributed by atoms with Crippen molar-refractivity contribution in [3.63, 3.8) is 0 Å². The van der Waals surface area contributed by atoms with Crippen molar-refractivity contribution in [2.24, 2.45) is 0 Å². The molecule has 2 aromatic rings. The number of hydrogen-bond acceptors (Lipinski definition) is 4. The van der Waals surface area contributed by atoms with Crippen molar-refractivity contribution in [2.45, 2.75) is 25.9 Å². The Kier molecular flexibility index (Phi) is 4.53. The molecule has 0 aliphatic heterocycles. The number of benzene rings is 1. The Morgan fingerprint density at radius 1 is 1.40 bits per heavy atom. The molecule has 0 saturated carbocycles. The number of aliphatic hydroxyl groups excluding tert-OH is 1. The molecule has 0 fully saturated rings. The summed E-state index contributed by atoms with van der Waals surface area (Å²) in [5.41, 5.74) is 0.143. The summed E-state index contributed by atoms with van der Waals surface area (Å²) in [7, 11) is 0. The molecule has 2 N–H and O–H groups in total. The maximum Gasteiger partial charge on any atom is 0.287 e. The van der Waals surface area contributed by atoms with Crippen LogP contribution in [-0.4, -0.2) is 23.7 Å². The van der Waals surface area contributed by atoms with Crippen LogP contribution < -0.4 is 10.7 Å². The Bertz CT molecular complexity index is 662. The molecule has 1 aromatic carbocycles. The Morgan fingerprint density at radius 3 is 2.90 bits per heavy atom. The highest BCUT2D eigenvalue weighted by Crippen LogP contribution is 2.11. The summed E-state index contributed by atoms with van der Waals surface area (Å²) < 4.78 is 5.41. The maximum absolute atomic E-state index is 11.9. The second-order valence-electron chi connectivity index (χ2n) is 4.58. The fourth-order valence-electron chi connectivity index (χ4n) is 1.86. The van der Waals surface area contributed by atoms with Crippen molar-refractivity contribution in [1.29, 1.82) is 0 Å². The van der Waals surface area contributed by atoms with E-state index in [0.717, 1.165) is 0 Å². The topological polar surface area (TPSA) is 79.5 Å². The number of carbonyl (C=O) groups excluding carboxylic acids is 1. The van der Waals surface area contributed by atoms with Gasteiger partial charge in [0.25, 0.3) is 5.91 Å². The van der Waals surface area contributed by atoms with Crippen molar-refractivity contribution in [1.82, 2.24) is 5.32 Å². The van der Waals surface area contributed by atoms with Gasteiger partial charge in [0, 0.05) is 12.6 Å². The highest BCUT2D eigenvalue weighted by molar-refractivity contribution is 5.93. The molecule has 5 heteroatoms. The average Bonchev–Trinajstić information content (AvgIpc) is 2.46. The van der Waals surface area contributed by atoms with Crippen molar-refractivity contribution >= 4 is 16.9 Å². The molecular weight excluding hydrogens is 258 g/mol. The summed E-state index contributed by atoms with van der Waals surface area (Å²) >= 11 is 0. The largest absolute Gasteiger partial charge is 0.451 e. The summed E-state index contributed by atoms with van der Waals surface area (Å²) in [5.74, 6) is -0.462. The summed E-state index contributed by atoms with van der Waals surface area (Å²) in [6.45, 7) is 2.21. The molecule has 0 aliphatic carbocycles. The minimum atomic E-state index is -0.448. The van der Waals surface area contributed by atoms with Crippen molar-refractivity contribution in [3.05, 3.63) is 46.3 Å². The monoisotopic (exact) mass is 275 g/mol. The molecule has 0 saturated heterocycles. The van der Waals surface area contributed by atoms with Crippen LogP contribution in [0.2, 0.25) is 0 Å². The fraction of sp³-hybridized carbons (Fsp3) is 0.333. The van der Waals surface area contributed by atoms with Crippen molar-refractivity contribution in [2.75, 3.05) is 6.54 Å². The van der Waals surface area contributed by atoms with E-state index >= 15 is 0 Å². The molecule has 0 aliphatic rings. The Balaban J connectivity index is 2.12. The molecular formula is C15H17NO4. The normalized spacial score (nSPS) is 12.3. The Morgan fingerprint density at radius 2 is 2.15 bits per heavy atom. The predicted molar refractivity (Wildman–Crippen MR) is 75.7 cm³/mol. The van der Waals surface area contributed by atoms with Crippen LogP contribution in [0.5, 0.6) is 0 Å². The van der Waals surface area contributed by atoms with Gasteiger partial charge in [-0.2, -0.15) is 0 Å². The first kappa shape index (κ1) is 14.3. The minimum absolute atomic E-state index is 0.0142. The molecule has 1 heterocycles. The van der Waals surface area contributed by atoms with E-state index in [0.29, 0.717) is 30.4 Å². The van der Waals surface area contributed by atoms with Gasteiger partial charge in [-0.05, 0) is 25.0 Å². The van der Waals surface area contributed by atoms with Crippen LogP contribution in [-0.2, 0) is 0 Å². The van der Waals surface area contributed by atoms with E-state index in [2.05, 4.69) is 5.32 Å². The van der Waals surface area contributed by atoms with Crippen LogP contribution in [0.3, 0.4) is 0 Å². The van der Waals surface area contributed by atoms with E-state index in [9.17, 15) is 14.7 Å². The van der Waals surface area contributed by atoms with Crippen molar-refractivity contribution < 1.29 is 14.3 Å². The van der Waals surface area contributed by atoms with E-state index < -0.39 is 12.0 Å². The third-order valence-corrected chi connectivity index (χ3v) is 3.09. The quantitative estimate of drug-likeness (QED) is 0.870. The number of hydrogen-bond donors (Lipinski definition) is 2. The SMILES string of the molecule is CCC(O)CCNC(=O)c1cc(=O)c2ccccc2o1. The Hall–Kier alpha value is -2.14. The molecule has 5 nitrogen and oxygen atoms in total. The summed E-state index contributed by atoms with van der Waals surface area (Å²) in [6, 6.07) is 7.97. The first-order chi connectivity index (χ1) is 9.61. The van der Waals surface area contributed by atoms with Gasteiger partial charge in [-0.3, -0.25) is 9.59 Å². The number of nitrogens with one attached hydrogen (secondary N) is 1. The molecule has 1 atom stereocenters. The molecule has 1 amide bonds. The van der Waals surface area contributed by atoms with Gasteiger partial charge < -0.3 is 14.8 Å². The fourth-order valence-corrected chi connectivity index (χ4v) is 1.86. The first-order valence-electron chi connectivity index (χ1n) is 6.61. The number of para-hydroxylation sites is 1. The van der Waals surface area contributed by atoms with Gasteiger partial charge in [-0.1, -0.05) is 19.1 Å². The number of aliphatic hydroxyl groups is 1. The number of amides is 1. The highest BCUT2D eigenvalue weighted by atomic mass is 16.3. The van der Waals surface area contributed by atoms with Gasteiger partial charge in [0.05, 0.1) is 11.5 Å². The van der Waals surface area contributed by atoms with Gasteiger partial charge >= 0.3 is 0 Å². The molecule has 106 valence electrons. The lowest BCUT2D eigenvalue weighted by atomic mass is 10.2. The molecule has 0 spiro atoms. The average molecular weight is 275 g/mol. The Labute approximate surface area is 116 Å². The second-order valence-corrected chi connectivity index (χ2v) is 4.58. The van der Waals surface area contributed by atoms with Crippen molar-refractivity contribution in [3.8, 4) is 0 Å². The third-order valence-electron chi connectivity index (χ3n) is 3.09. The van der Waals surface area contributed by atoms with E-state index in [1.807, 2.05) is 6.92 Å². The molecule has 1 aromatic heterocycles. The zero-order valence-electron chi connectivity index (χ0n) is 11.3. The van der Waals surface area contributed by atoms with Crippen LogP contribution in [0.4, 0.5) is 0 Å². The number of rotatable bonds is 5. The molecule has 20 heavy (non-hydrogen) atoms. The lowest BCUT2D eigenvalue weighted by Crippen LogP contribution is -2.27. The number of carbonyl (C=O) groups is 1. The molecule has 0 radical (unpaired) electrons. The van der Waals surface area contributed by atoms with Crippen LogP contribution in [0.25, 0.3) is 11.0 Å². The van der Waals surface area contributed by atoms with Crippen LogP contribution in [0.1, 0.15) is 30.3 Å². The maximum atomic E-state index is 11.9. The summed E-state index contributed by atoms with van der Waals surface area (Å²) in [6.07, 6.45) is 0.681. The van der Waals surface area contributed by atoms with Crippen LogP contribution in [0, 0.1) is 0 Å². The first-order valence-corrected chi connectivity index (χ1v) is 6.61. The highest BCUT2D eigenvalue weighted by Gasteiger charge is 2.12. The standard InChI is InChI=1S/C15H17NO4/c1-2-10(17)7-8-16-15(19)14-9-12(18)11-5-3-4-6-13(11)20-14/h3-6,9-10,17H,2,7-8H2,1H3,(H,16,19). The summed E-state index contributed by atoms with van der Waals surface area (Å²) in [5, 5.41) is 12.5. The number of fused-ring (bicyclic) bond motifs is 1. The zero-order valence-corrected chi connectivity index (χ0v) is 11.3. The predicted octanol–water partition coefficient (Wildman–Crippen LogP) is 1.68. The lowest BCUT2D eigenvalue weighted by Gasteiger charge is -2.08. The minimum Gasteiger partial charge on any atom is -0.451 e. The van der Waals surface area contributed by atoms with Gasteiger partial charge in [-0.25, -0.2) is 0 Å².